The molecule has 0 aliphatic rings. The highest BCUT2D eigenvalue weighted by Crippen LogP contribution is 2.18. The number of carbonyl (C=O) groups is 3. The molecule has 83 heavy (non-hydrogen) atoms. The molecule has 0 saturated carbocycles. The third-order valence-electron chi connectivity index (χ3n) is 16.2. The minimum atomic E-state index is -0.779. The fraction of sp³-hybridized carbons (Fsp3) is 0.805. The van der Waals surface area contributed by atoms with Crippen LogP contribution >= 0.6 is 0 Å². The molecular formula is C77H138O6. The lowest BCUT2D eigenvalue weighted by molar-refractivity contribution is -0.167. The van der Waals surface area contributed by atoms with Crippen LogP contribution in [-0.2, 0) is 28.6 Å². The van der Waals surface area contributed by atoms with Crippen molar-refractivity contribution in [2.24, 2.45) is 0 Å². The van der Waals surface area contributed by atoms with Crippen LogP contribution < -0.4 is 0 Å². The highest BCUT2D eigenvalue weighted by Gasteiger charge is 2.19. The van der Waals surface area contributed by atoms with Gasteiger partial charge in [0.25, 0.3) is 0 Å². The van der Waals surface area contributed by atoms with Gasteiger partial charge in [-0.2, -0.15) is 0 Å². The summed E-state index contributed by atoms with van der Waals surface area (Å²) < 4.78 is 17.0. The van der Waals surface area contributed by atoms with E-state index in [9.17, 15) is 14.4 Å². The Kier molecular flexibility index (Phi) is 68.6. The fourth-order valence-corrected chi connectivity index (χ4v) is 10.8. The predicted molar refractivity (Wildman–Crippen MR) is 362 cm³/mol. The largest absolute Gasteiger partial charge is 0.462 e. The van der Waals surface area contributed by atoms with Crippen molar-refractivity contribution >= 4 is 17.9 Å². The summed E-state index contributed by atoms with van der Waals surface area (Å²) in [5.74, 6) is -0.863. The van der Waals surface area contributed by atoms with E-state index in [2.05, 4.69) is 93.7 Å². The van der Waals surface area contributed by atoms with Gasteiger partial charge >= 0.3 is 17.9 Å². The Morgan fingerprint density at radius 3 is 0.759 bits per heavy atom. The minimum Gasteiger partial charge on any atom is -0.462 e. The van der Waals surface area contributed by atoms with Crippen LogP contribution in [0.5, 0.6) is 0 Å². The number of unbranched alkanes of at least 4 members (excludes halogenated alkanes) is 44. The van der Waals surface area contributed by atoms with E-state index < -0.39 is 6.10 Å². The lowest BCUT2D eigenvalue weighted by atomic mass is 10.0. The van der Waals surface area contributed by atoms with Crippen molar-refractivity contribution in [3.63, 3.8) is 0 Å². The molecule has 1 unspecified atom stereocenters. The van der Waals surface area contributed by atoms with Crippen molar-refractivity contribution < 1.29 is 28.6 Å². The maximum absolute atomic E-state index is 13.0. The number of esters is 3. The molecule has 0 radical (unpaired) electrons. The molecule has 6 heteroatoms. The van der Waals surface area contributed by atoms with Gasteiger partial charge in [0.2, 0.25) is 0 Å². The van der Waals surface area contributed by atoms with E-state index in [1.165, 1.54) is 244 Å². The van der Waals surface area contributed by atoms with Gasteiger partial charge in [0.05, 0.1) is 0 Å². The van der Waals surface area contributed by atoms with E-state index in [1.807, 2.05) is 0 Å². The summed E-state index contributed by atoms with van der Waals surface area (Å²) in [5.41, 5.74) is 0. The first kappa shape index (κ1) is 79.8. The molecule has 0 aliphatic carbocycles. The number of rotatable bonds is 67. The van der Waals surface area contributed by atoms with E-state index in [1.54, 1.807) is 0 Å². The molecule has 0 N–H and O–H groups in total. The van der Waals surface area contributed by atoms with Crippen molar-refractivity contribution in [3.05, 3.63) is 72.9 Å². The summed E-state index contributed by atoms with van der Waals surface area (Å²) in [6, 6.07) is 0. The number of carbonyl (C=O) groups excluding carboxylic acids is 3. The maximum atomic E-state index is 13.0. The summed E-state index contributed by atoms with van der Waals surface area (Å²) in [5, 5.41) is 0. The van der Waals surface area contributed by atoms with Gasteiger partial charge in [0.1, 0.15) is 13.2 Å². The van der Waals surface area contributed by atoms with Gasteiger partial charge in [-0.05, 0) is 89.9 Å². The van der Waals surface area contributed by atoms with Crippen molar-refractivity contribution in [2.45, 2.75) is 386 Å². The maximum Gasteiger partial charge on any atom is 0.306 e. The number of hydrogen-bond acceptors (Lipinski definition) is 6. The van der Waals surface area contributed by atoms with Crippen LogP contribution in [0.1, 0.15) is 380 Å². The van der Waals surface area contributed by atoms with Crippen LogP contribution in [0.25, 0.3) is 0 Å². The molecule has 0 spiro atoms. The molecule has 0 rings (SSSR count). The summed E-state index contributed by atoms with van der Waals surface area (Å²) in [6.45, 7) is 6.57. The monoisotopic (exact) mass is 1160 g/mol. The molecule has 0 aromatic heterocycles. The second-order valence-corrected chi connectivity index (χ2v) is 24.5. The molecule has 0 aromatic rings. The van der Waals surface area contributed by atoms with Crippen molar-refractivity contribution in [1.82, 2.24) is 0 Å². The van der Waals surface area contributed by atoms with Gasteiger partial charge in [-0.3, -0.25) is 14.4 Å². The number of allylic oxidation sites excluding steroid dienone is 12. The third kappa shape index (κ3) is 69.5. The van der Waals surface area contributed by atoms with E-state index in [0.29, 0.717) is 19.3 Å². The van der Waals surface area contributed by atoms with Gasteiger partial charge in [-0.1, -0.05) is 344 Å². The molecule has 0 amide bonds. The quantitative estimate of drug-likeness (QED) is 0.0261. The molecule has 1 atom stereocenters. The smallest absolute Gasteiger partial charge is 0.306 e. The minimum absolute atomic E-state index is 0.0755. The van der Waals surface area contributed by atoms with Gasteiger partial charge in [-0.15, -0.1) is 0 Å². The molecule has 0 fully saturated rings. The zero-order chi connectivity index (χ0) is 59.9. The standard InChI is InChI=1S/C77H138O6/c1-4-7-10-13-16-19-22-25-27-29-31-33-35-37-38-40-41-43-45-47-49-52-55-58-61-64-67-70-76(79)82-73-74(72-81-75(78)69-66-63-60-57-54-51-24-21-18-15-12-9-6-3)83-77(80)71-68-65-62-59-56-53-50-48-46-44-42-39-36-34-32-30-28-26-23-20-17-14-11-8-5-2/h7,10,16,19,21,24-25,27,31,33,37-38,74H,4-6,8-9,11-15,17-18,20,22-23,26,28-30,32,34-36,39-73H2,1-3H3/b10-7-,19-16-,24-21-,27-25-,33-31-,38-37-. The molecule has 0 bridgehead atoms. The number of hydrogen-bond donors (Lipinski definition) is 0. The molecule has 0 heterocycles. The summed E-state index contributed by atoms with van der Waals surface area (Å²) in [4.78, 5) is 38.5. The van der Waals surface area contributed by atoms with E-state index in [0.717, 1.165) is 96.3 Å². The lowest BCUT2D eigenvalue weighted by Gasteiger charge is -2.18. The second kappa shape index (κ2) is 71.3. The topological polar surface area (TPSA) is 78.9 Å². The Morgan fingerprint density at radius 1 is 0.253 bits per heavy atom. The summed E-state index contributed by atoms with van der Waals surface area (Å²) >= 11 is 0. The molecule has 0 saturated heterocycles. The molecular weight excluding hydrogens is 1020 g/mol. The fourth-order valence-electron chi connectivity index (χ4n) is 10.8. The Labute approximate surface area is 516 Å². The Hall–Kier alpha value is -3.15. The van der Waals surface area contributed by atoms with Gasteiger partial charge in [0, 0.05) is 19.3 Å². The first-order valence-corrected chi connectivity index (χ1v) is 36.4. The predicted octanol–water partition coefficient (Wildman–Crippen LogP) is 25.2. The Bertz CT molecular complexity index is 1520. The van der Waals surface area contributed by atoms with Crippen LogP contribution in [-0.4, -0.2) is 37.2 Å². The van der Waals surface area contributed by atoms with E-state index >= 15 is 0 Å². The van der Waals surface area contributed by atoms with Crippen molar-refractivity contribution in [3.8, 4) is 0 Å². The molecule has 0 aliphatic heterocycles. The molecule has 482 valence electrons. The van der Waals surface area contributed by atoms with Crippen molar-refractivity contribution in [1.29, 1.82) is 0 Å². The zero-order valence-electron chi connectivity index (χ0n) is 55.5. The van der Waals surface area contributed by atoms with Crippen LogP contribution in [0, 0.1) is 0 Å². The van der Waals surface area contributed by atoms with Crippen LogP contribution in [0.2, 0.25) is 0 Å². The van der Waals surface area contributed by atoms with E-state index in [-0.39, 0.29) is 31.1 Å². The van der Waals surface area contributed by atoms with Crippen LogP contribution in [0.3, 0.4) is 0 Å². The van der Waals surface area contributed by atoms with E-state index in [4.69, 9.17) is 14.2 Å². The zero-order valence-corrected chi connectivity index (χ0v) is 55.5. The third-order valence-corrected chi connectivity index (χ3v) is 16.2. The Balaban J connectivity index is 4.24. The highest BCUT2D eigenvalue weighted by atomic mass is 16.6. The molecule has 6 nitrogen and oxygen atoms in total. The lowest BCUT2D eigenvalue weighted by Crippen LogP contribution is -2.30. The average Bonchev–Trinajstić information content (AvgIpc) is 3.49. The van der Waals surface area contributed by atoms with Crippen molar-refractivity contribution in [2.75, 3.05) is 13.2 Å². The SMILES string of the molecule is CC/C=C\C/C=C\C/C=C\C/C=C\C/C=C\CCCCCCCCCCCCCC(=O)OCC(COC(=O)CCCCCCC/C=C\CCCCCC)OC(=O)CCCCCCCCCCCCCCCCCCCCCCCCCCC. The van der Waals surface area contributed by atoms with Crippen LogP contribution in [0.4, 0.5) is 0 Å². The number of ether oxygens (including phenoxy) is 3. The van der Waals surface area contributed by atoms with Gasteiger partial charge in [0.15, 0.2) is 6.10 Å². The van der Waals surface area contributed by atoms with Crippen LogP contribution in [0.15, 0.2) is 72.9 Å². The highest BCUT2D eigenvalue weighted by molar-refractivity contribution is 5.71. The van der Waals surface area contributed by atoms with Gasteiger partial charge < -0.3 is 14.2 Å². The summed E-state index contributed by atoms with van der Waals surface area (Å²) in [7, 11) is 0. The molecule has 0 aromatic carbocycles. The second-order valence-electron chi connectivity index (χ2n) is 24.5. The Morgan fingerprint density at radius 2 is 0.470 bits per heavy atom. The average molecular weight is 1160 g/mol. The first-order chi connectivity index (χ1) is 41.0. The summed E-state index contributed by atoms with van der Waals surface area (Å²) in [6.07, 6.45) is 93.7. The normalized spacial score (nSPS) is 12.5. The van der Waals surface area contributed by atoms with Gasteiger partial charge in [-0.25, -0.2) is 0 Å². The first-order valence-electron chi connectivity index (χ1n) is 36.4.